The molecule has 0 saturated heterocycles. The van der Waals surface area contributed by atoms with Gasteiger partial charge in [0.25, 0.3) is 0 Å². The first-order valence-corrected chi connectivity index (χ1v) is 7.35. The second kappa shape index (κ2) is 6.58. The van der Waals surface area contributed by atoms with E-state index < -0.39 is 0 Å². The van der Waals surface area contributed by atoms with Crippen LogP contribution in [0.25, 0.3) is 11.3 Å². The van der Waals surface area contributed by atoms with Crippen LogP contribution in [0.2, 0.25) is 0 Å². The van der Waals surface area contributed by atoms with Crippen molar-refractivity contribution in [3.8, 4) is 11.3 Å². The molecule has 22 heavy (non-hydrogen) atoms. The molecule has 1 heterocycles. The van der Waals surface area contributed by atoms with Gasteiger partial charge < -0.3 is 9.73 Å². The van der Waals surface area contributed by atoms with Gasteiger partial charge in [-0.3, -0.25) is 0 Å². The van der Waals surface area contributed by atoms with Crippen LogP contribution in [0.15, 0.2) is 71.1 Å². The fourth-order valence-corrected chi connectivity index (χ4v) is 2.36. The number of hydrogen-bond acceptors (Lipinski definition) is 2. The molecule has 1 aromatic heterocycles. The maximum Gasteiger partial charge on any atom is 0.134 e. The molecule has 0 aliphatic rings. The van der Waals surface area contributed by atoms with Gasteiger partial charge in [-0.2, -0.15) is 0 Å². The minimum Gasteiger partial charge on any atom is -0.460 e. The predicted molar refractivity (Wildman–Crippen MR) is 85.8 cm³/mol. The summed E-state index contributed by atoms with van der Waals surface area (Å²) < 4.78 is 18.7. The fourth-order valence-electron chi connectivity index (χ4n) is 2.36. The standard InChI is InChI=1S/C19H18FNO/c1-14(15-5-3-2-4-6-15)21-13-18-11-12-19(22-18)16-7-9-17(20)10-8-16/h2-12,14,21H,13H2,1H3/t14-/m1/s1. The maximum absolute atomic E-state index is 12.9. The second-order valence-electron chi connectivity index (χ2n) is 5.29. The highest BCUT2D eigenvalue weighted by molar-refractivity contribution is 5.57. The van der Waals surface area contributed by atoms with E-state index in [2.05, 4.69) is 24.4 Å². The molecule has 1 N–H and O–H groups in total. The predicted octanol–water partition coefficient (Wildman–Crippen LogP) is 4.94. The molecule has 112 valence electrons. The van der Waals surface area contributed by atoms with Crippen LogP contribution in [0.4, 0.5) is 4.39 Å². The molecule has 0 radical (unpaired) electrons. The van der Waals surface area contributed by atoms with Crippen molar-refractivity contribution in [2.24, 2.45) is 0 Å². The van der Waals surface area contributed by atoms with E-state index in [0.29, 0.717) is 6.54 Å². The number of rotatable bonds is 5. The van der Waals surface area contributed by atoms with Gasteiger partial charge in [0.15, 0.2) is 0 Å². The van der Waals surface area contributed by atoms with E-state index in [1.54, 1.807) is 12.1 Å². The molecular weight excluding hydrogens is 277 g/mol. The van der Waals surface area contributed by atoms with Gasteiger partial charge >= 0.3 is 0 Å². The molecule has 3 heteroatoms. The number of halogens is 1. The minimum atomic E-state index is -0.242. The Bertz CT molecular complexity index is 719. The van der Waals surface area contributed by atoms with E-state index in [4.69, 9.17) is 4.42 Å². The topological polar surface area (TPSA) is 25.2 Å². The van der Waals surface area contributed by atoms with Crippen molar-refractivity contribution in [3.63, 3.8) is 0 Å². The van der Waals surface area contributed by atoms with Crippen LogP contribution >= 0.6 is 0 Å². The van der Waals surface area contributed by atoms with Gasteiger partial charge in [-0.05, 0) is 48.9 Å². The molecule has 3 rings (SSSR count). The van der Waals surface area contributed by atoms with Crippen molar-refractivity contribution in [1.82, 2.24) is 5.32 Å². The van der Waals surface area contributed by atoms with Gasteiger partial charge in [0.05, 0.1) is 6.54 Å². The molecule has 0 fully saturated rings. The van der Waals surface area contributed by atoms with Gasteiger partial charge in [-0.25, -0.2) is 4.39 Å². The summed E-state index contributed by atoms with van der Waals surface area (Å²) in [6, 6.07) is 20.7. The lowest BCUT2D eigenvalue weighted by Gasteiger charge is -2.12. The number of hydrogen-bond donors (Lipinski definition) is 1. The molecule has 3 aromatic rings. The lowest BCUT2D eigenvalue weighted by molar-refractivity contribution is 0.468. The van der Waals surface area contributed by atoms with E-state index in [1.165, 1.54) is 17.7 Å². The summed E-state index contributed by atoms with van der Waals surface area (Å²) in [4.78, 5) is 0. The first-order chi connectivity index (χ1) is 10.7. The highest BCUT2D eigenvalue weighted by Crippen LogP contribution is 2.23. The van der Waals surface area contributed by atoms with Crippen molar-refractivity contribution in [3.05, 3.63) is 83.9 Å². The SMILES string of the molecule is C[C@@H](NCc1ccc(-c2ccc(F)cc2)o1)c1ccccc1. The van der Waals surface area contributed by atoms with Crippen LogP contribution in [0.5, 0.6) is 0 Å². The van der Waals surface area contributed by atoms with Crippen molar-refractivity contribution in [1.29, 1.82) is 0 Å². The number of nitrogens with one attached hydrogen (secondary N) is 1. The van der Waals surface area contributed by atoms with Crippen LogP contribution in [-0.4, -0.2) is 0 Å². The molecular formula is C19H18FNO. The smallest absolute Gasteiger partial charge is 0.134 e. The Kier molecular flexibility index (Phi) is 4.35. The quantitative estimate of drug-likeness (QED) is 0.721. The zero-order valence-corrected chi connectivity index (χ0v) is 12.4. The van der Waals surface area contributed by atoms with Crippen LogP contribution in [0.1, 0.15) is 24.3 Å². The molecule has 0 spiro atoms. The Morgan fingerprint density at radius 1 is 0.955 bits per heavy atom. The summed E-state index contributed by atoms with van der Waals surface area (Å²) >= 11 is 0. The molecule has 0 amide bonds. The lowest BCUT2D eigenvalue weighted by Crippen LogP contribution is -2.17. The lowest BCUT2D eigenvalue weighted by atomic mass is 10.1. The van der Waals surface area contributed by atoms with E-state index in [-0.39, 0.29) is 11.9 Å². The van der Waals surface area contributed by atoms with Crippen molar-refractivity contribution in [2.45, 2.75) is 19.5 Å². The van der Waals surface area contributed by atoms with Crippen molar-refractivity contribution in [2.75, 3.05) is 0 Å². The van der Waals surface area contributed by atoms with E-state index in [0.717, 1.165) is 17.1 Å². The molecule has 2 aromatic carbocycles. The zero-order valence-electron chi connectivity index (χ0n) is 12.4. The Balaban J connectivity index is 1.63. The van der Waals surface area contributed by atoms with Crippen LogP contribution in [-0.2, 0) is 6.54 Å². The Hall–Kier alpha value is -2.39. The van der Waals surface area contributed by atoms with E-state index >= 15 is 0 Å². The van der Waals surface area contributed by atoms with Gasteiger partial charge in [-0.1, -0.05) is 30.3 Å². The molecule has 0 aliphatic heterocycles. The number of benzene rings is 2. The first-order valence-electron chi connectivity index (χ1n) is 7.35. The van der Waals surface area contributed by atoms with E-state index in [9.17, 15) is 4.39 Å². The summed E-state index contributed by atoms with van der Waals surface area (Å²) in [6.07, 6.45) is 0. The molecule has 0 saturated carbocycles. The third-order valence-corrected chi connectivity index (χ3v) is 3.67. The monoisotopic (exact) mass is 295 g/mol. The van der Waals surface area contributed by atoms with Gasteiger partial charge in [0, 0.05) is 11.6 Å². The van der Waals surface area contributed by atoms with Crippen molar-refractivity contribution >= 4 is 0 Å². The largest absolute Gasteiger partial charge is 0.460 e. The highest BCUT2D eigenvalue weighted by atomic mass is 19.1. The number of furan rings is 1. The third-order valence-electron chi connectivity index (χ3n) is 3.67. The summed E-state index contributed by atoms with van der Waals surface area (Å²) in [5, 5.41) is 3.44. The Morgan fingerprint density at radius 2 is 1.68 bits per heavy atom. The van der Waals surface area contributed by atoms with Crippen LogP contribution in [0.3, 0.4) is 0 Å². The molecule has 0 aliphatic carbocycles. The normalized spacial score (nSPS) is 12.3. The fraction of sp³-hybridized carbons (Fsp3) is 0.158. The van der Waals surface area contributed by atoms with Gasteiger partial charge in [0.1, 0.15) is 17.3 Å². The Morgan fingerprint density at radius 3 is 2.41 bits per heavy atom. The first kappa shape index (κ1) is 14.5. The molecule has 1 atom stereocenters. The maximum atomic E-state index is 12.9. The van der Waals surface area contributed by atoms with Crippen LogP contribution < -0.4 is 5.32 Å². The Labute approximate surface area is 129 Å². The second-order valence-corrected chi connectivity index (χ2v) is 5.29. The highest BCUT2D eigenvalue weighted by Gasteiger charge is 2.08. The zero-order chi connectivity index (χ0) is 15.4. The summed E-state index contributed by atoms with van der Waals surface area (Å²) in [6.45, 7) is 2.77. The van der Waals surface area contributed by atoms with Gasteiger partial charge in [-0.15, -0.1) is 0 Å². The average molecular weight is 295 g/mol. The third kappa shape index (κ3) is 3.43. The average Bonchev–Trinajstić information content (AvgIpc) is 3.03. The van der Waals surface area contributed by atoms with E-state index in [1.807, 2.05) is 30.3 Å². The molecule has 2 nitrogen and oxygen atoms in total. The van der Waals surface area contributed by atoms with Gasteiger partial charge in [0.2, 0.25) is 0 Å². The minimum absolute atomic E-state index is 0.242. The summed E-state index contributed by atoms with van der Waals surface area (Å²) in [5.74, 6) is 1.38. The summed E-state index contributed by atoms with van der Waals surface area (Å²) in [7, 11) is 0. The molecule has 0 unspecified atom stereocenters. The van der Waals surface area contributed by atoms with Crippen molar-refractivity contribution < 1.29 is 8.81 Å². The van der Waals surface area contributed by atoms with Crippen LogP contribution in [0, 0.1) is 5.82 Å². The summed E-state index contributed by atoms with van der Waals surface area (Å²) in [5.41, 5.74) is 2.12. The molecule has 0 bridgehead atoms.